The van der Waals surface area contributed by atoms with Gasteiger partial charge in [-0.15, -0.1) is 0 Å². The highest BCUT2D eigenvalue weighted by molar-refractivity contribution is 5.93. The Morgan fingerprint density at radius 3 is 2.52 bits per heavy atom. The number of nitro groups is 1. The first-order valence-corrected chi connectivity index (χ1v) is 6.68. The molecule has 1 heterocycles. The summed E-state index contributed by atoms with van der Waals surface area (Å²) >= 11 is 0. The van der Waals surface area contributed by atoms with Crippen molar-refractivity contribution in [3.8, 4) is 0 Å². The highest BCUT2D eigenvalue weighted by Gasteiger charge is 2.25. The van der Waals surface area contributed by atoms with Crippen molar-refractivity contribution in [3.05, 3.63) is 28.1 Å². The molecule has 1 aromatic rings. The number of aromatic nitrogens is 1. The molecule has 0 saturated heterocycles. The van der Waals surface area contributed by atoms with Gasteiger partial charge in [0, 0.05) is 25.7 Å². The molecule has 1 unspecified atom stereocenters. The van der Waals surface area contributed by atoms with Crippen molar-refractivity contribution in [2.75, 3.05) is 13.1 Å². The number of carboxylic acid groups (broad SMARTS) is 1. The van der Waals surface area contributed by atoms with Crippen LogP contribution in [0, 0.1) is 16.0 Å². The number of aliphatic carboxylic acids is 1. The van der Waals surface area contributed by atoms with Crippen molar-refractivity contribution in [1.82, 2.24) is 9.47 Å². The number of carbonyl (C=O) groups is 2. The van der Waals surface area contributed by atoms with E-state index in [-0.39, 0.29) is 17.9 Å². The molecule has 0 fully saturated rings. The van der Waals surface area contributed by atoms with Gasteiger partial charge in [0.1, 0.15) is 5.69 Å². The van der Waals surface area contributed by atoms with Gasteiger partial charge in [0.2, 0.25) is 0 Å². The second-order valence-corrected chi connectivity index (χ2v) is 4.71. The first-order valence-electron chi connectivity index (χ1n) is 6.68. The van der Waals surface area contributed by atoms with Crippen LogP contribution in [0.5, 0.6) is 0 Å². The van der Waals surface area contributed by atoms with Gasteiger partial charge in [-0.1, -0.05) is 6.92 Å². The van der Waals surface area contributed by atoms with E-state index in [0.717, 1.165) is 0 Å². The van der Waals surface area contributed by atoms with Crippen molar-refractivity contribution in [2.24, 2.45) is 5.92 Å². The molecular weight excluding hydrogens is 278 g/mol. The number of aryl methyl sites for hydroxylation is 1. The van der Waals surface area contributed by atoms with Crippen LogP contribution < -0.4 is 0 Å². The zero-order valence-corrected chi connectivity index (χ0v) is 12.3. The molecule has 0 aliphatic carbocycles. The Bertz CT molecular complexity index is 552. The minimum atomic E-state index is -0.988. The van der Waals surface area contributed by atoms with Gasteiger partial charge < -0.3 is 14.6 Å². The fraction of sp³-hybridized carbons (Fsp3) is 0.538. The van der Waals surface area contributed by atoms with Gasteiger partial charge in [0.05, 0.1) is 17.0 Å². The van der Waals surface area contributed by atoms with Crippen molar-refractivity contribution in [2.45, 2.75) is 27.3 Å². The van der Waals surface area contributed by atoms with Crippen LogP contribution in [0.3, 0.4) is 0 Å². The van der Waals surface area contributed by atoms with E-state index < -0.39 is 22.7 Å². The standard InChI is InChI=1S/C13H19N3O5/c1-4-14-8-10(16(20)21)6-11(14)12(17)15(5-2)7-9(3)13(18)19/h6,8-9H,4-5,7H2,1-3H3,(H,18,19). The highest BCUT2D eigenvalue weighted by Crippen LogP contribution is 2.18. The monoisotopic (exact) mass is 297 g/mol. The summed E-state index contributed by atoms with van der Waals surface area (Å²) in [6.45, 7) is 5.84. The molecule has 1 rings (SSSR count). The lowest BCUT2D eigenvalue weighted by molar-refractivity contribution is -0.384. The lowest BCUT2D eigenvalue weighted by Crippen LogP contribution is -2.37. The molecule has 0 aliphatic rings. The van der Waals surface area contributed by atoms with Crippen LogP contribution in [0.1, 0.15) is 31.3 Å². The normalized spacial score (nSPS) is 12.0. The van der Waals surface area contributed by atoms with Crippen LogP contribution >= 0.6 is 0 Å². The molecule has 1 N–H and O–H groups in total. The van der Waals surface area contributed by atoms with Gasteiger partial charge >= 0.3 is 5.97 Å². The maximum absolute atomic E-state index is 12.4. The van der Waals surface area contributed by atoms with E-state index in [9.17, 15) is 19.7 Å². The van der Waals surface area contributed by atoms with Gasteiger partial charge in [-0.05, 0) is 13.8 Å². The number of hydrogen-bond acceptors (Lipinski definition) is 4. The molecule has 0 aliphatic heterocycles. The van der Waals surface area contributed by atoms with Gasteiger partial charge in [-0.25, -0.2) is 0 Å². The molecule has 1 atom stereocenters. The zero-order valence-electron chi connectivity index (χ0n) is 12.3. The molecule has 0 saturated carbocycles. The number of rotatable bonds is 7. The molecule has 8 nitrogen and oxygen atoms in total. The Balaban J connectivity index is 3.04. The van der Waals surface area contributed by atoms with Crippen molar-refractivity contribution >= 4 is 17.6 Å². The van der Waals surface area contributed by atoms with Gasteiger partial charge in [0.15, 0.2) is 0 Å². The smallest absolute Gasteiger partial charge is 0.308 e. The van der Waals surface area contributed by atoms with Gasteiger partial charge in [-0.2, -0.15) is 0 Å². The molecule has 1 amide bonds. The Hall–Kier alpha value is -2.38. The molecule has 0 aromatic carbocycles. The quantitative estimate of drug-likeness (QED) is 0.607. The third-order valence-electron chi connectivity index (χ3n) is 3.24. The molecule has 21 heavy (non-hydrogen) atoms. The fourth-order valence-corrected chi connectivity index (χ4v) is 1.96. The minimum Gasteiger partial charge on any atom is -0.481 e. The zero-order chi connectivity index (χ0) is 16.2. The first kappa shape index (κ1) is 16.7. The second-order valence-electron chi connectivity index (χ2n) is 4.71. The van der Waals surface area contributed by atoms with Crippen LogP contribution in [-0.2, 0) is 11.3 Å². The van der Waals surface area contributed by atoms with Crippen molar-refractivity contribution in [3.63, 3.8) is 0 Å². The lowest BCUT2D eigenvalue weighted by atomic mass is 10.1. The summed E-state index contributed by atoms with van der Waals surface area (Å²) in [6, 6.07) is 1.22. The maximum Gasteiger partial charge on any atom is 0.308 e. The summed E-state index contributed by atoms with van der Waals surface area (Å²) < 4.78 is 1.49. The van der Waals surface area contributed by atoms with E-state index in [0.29, 0.717) is 13.1 Å². The van der Waals surface area contributed by atoms with Crippen LogP contribution in [0.4, 0.5) is 5.69 Å². The minimum absolute atomic E-state index is 0.0629. The van der Waals surface area contributed by atoms with Crippen molar-refractivity contribution in [1.29, 1.82) is 0 Å². The predicted octanol–water partition coefficient (Wildman–Crippen LogP) is 1.60. The summed E-state index contributed by atoms with van der Waals surface area (Å²) in [5.74, 6) is -2.09. The number of amides is 1. The van der Waals surface area contributed by atoms with E-state index in [1.165, 1.54) is 28.7 Å². The Morgan fingerprint density at radius 2 is 2.10 bits per heavy atom. The summed E-state index contributed by atoms with van der Waals surface area (Å²) in [5.41, 5.74) is 0.0474. The average molecular weight is 297 g/mol. The fourth-order valence-electron chi connectivity index (χ4n) is 1.96. The number of carboxylic acids is 1. The van der Waals surface area contributed by atoms with Crippen LogP contribution in [-0.4, -0.2) is 44.5 Å². The molecular formula is C13H19N3O5. The molecule has 116 valence electrons. The third-order valence-corrected chi connectivity index (χ3v) is 3.24. The molecule has 8 heteroatoms. The molecule has 0 radical (unpaired) electrons. The van der Waals surface area contributed by atoms with Crippen LogP contribution in [0.2, 0.25) is 0 Å². The summed E-state index contributed by atoms with van der Waals surface area (Å²) in [5, 5.41) is 19.7. The Morgan fingerprint density at radius 1 is 1.48 bits per heavy atom. The van der Waals surface area contributed by atoms with Crippen molar-refractivity contribution < 1.29 is 19.6 Å². The molecule has 1 aromatic heterocycles. The van der Waals surface area contributed by atoms with E-state index in [4.69, 9.17) is 5.11 Å². The number of hydrogen-bond donors (Lipinski definition) is 1. The van der Waals surface area contributed by atoms with E-state index >= 15 is 0 Å². The number of nitrogens with zero attached hydrogens (tertiary/aromatic N) is 3. The van der Waals surface area contributed by atoms with Gasteiger partial charge in [0.25, 0.3) is 11.6 Å². The summed E-state index contributed by atoms with van der Waals surface area (Å²) in [6.07, 6.45) is 1.31. The van der Waals surface area contributed by atoms with Crippen LogP contribution in [0.15, 0.2) is 12.3 Å². The predicted molar refractivity (Wildman–Crippen MR) is 75.1 cm³/mol. The summed E-state index contributed by atoms with van der Waals surface area (Å²) in [4.78, 5) is 35.0. The Kier molecular flexibility index (Phi) is 5.45. The SMILES string of the molecule is CCN(CC(C)C(=O)O)C(=O)c1cc([N+](=O)[O-])cn1CC. The first-order chi connectivity index (χ1) is 9.81. The van der Waals surface area contributed by atoms with E-state index in [1.54, 1.807) is 13.8 Å². The molecule has 0 bridgehead atoms. The number of carbonyl (C=O) groups excluding carboxylic acids is 1. The lowest BCUT2D eigenvalue weighted by Gasteiger charge is -2.23. The van der Waals surface area contributed by atoms with E-state index in [1.807, 2.05) is 0 Å². The largest absolute Gasteiger partial charge is 0.481 e. The summed E-state index contributed by atoms with van der Waals surface area (Å²) in [7, 11) is 0. The highest BCUT2D eigenvalue weighted by atomic mass is 16.6. The molecule has 0 spiro atoms. The third kappa shape index (κ3) is 3.80. The maximum atomic E-state index is 12.4. The van der Waals surface area contributed by atoms with Crippen LogP contribution in [0.25, 0.3) is 0 Å². The second kappa shape index (κ2) is 6.87. The Labute approximate surface area is 122 Å². The average Bonchev–Trinajstić information content (AvgIpc) is 2.87. The van der Waals surface area contributed by atoms with E-state index in [2.05, 4.69) is 0 Å². The van der Waals surface area contributed by atoms with Gasteiger partial charge in [-0.3, -0.25) is 19.7 Å². The topological polar surface area (TPSA) is 106 Å².